The lowest BCUT2D eigenvalue weighted by molar-refractivity contribution is 0.601. The summed E-state index contributed by atoms with van der Waals surface area (Å²) in [6, 6.07) is 9.18. The molecule has 0 fully saturated rings. The minimum Gasteiger partial charge on any atom is -0.329 e. The number of aromatic nitrogens is 1. The topological polar surface area (TPSA) is 85.1 Å². The van der Waals surface area contributed by atoms with Gasteiger partial charge in [-0.05, 0) is 19.1 Å². The number of anilines is 1. The van der Waals surface area contributed by atoms with E-state index in [4.69, 9.17) is 5.73 Å². The smallest absolute Gasteiger partial charge is 0.234 e. The Kier molecular flexibility index (Phi) is 3.49. The Labute approximate surface area is 106 Å². The molecule has 18 heavy (non-hydrogen) atoms. The minimum absolute atomic E-state index is 0.0898. The molecule has 6 heteroatoms. The molecule has 0 saturated carbocycles. The Morgan fingerprint density at radius 2 is 2.06 bits per heavy atom. The number of hydrogen-bond acceptors (Lipinski definition) is 4. The molecular formula is C12H15N3O2S. The van der Waals surface area contributed by atoms with Crippen LogP contribution in [0.2, 0.25) is 0 Å². The number of sulfonamides is 1. The van der Waals surface area contributed by atoms with Crippen molar-refractivity contribution in [1.82, 2.24) is 4.98 Å². The zero-order valence-corrected chi connectivity index (χ0v) is 10.9. The number of benzene rings is 1. The summed E-state index contributed by atoms with van der Waals surface area (Å²) < 4.78 is 25.9. The molecule has 0 spiro atoms. The maximum absolute atomic E-state index is 11.7. The molecule has 1 heterocycles. The number of para-hydroxylation sites is 1. The van der Waals surface area contributed by atoms with E-state index in [1.165, 1.54) is 0 Å². The van der Waals surface area contributed by atoms with Crippen molar-refractivity contribution in [2.45, 2.75) is 6.92 Å². The number of aryl methyl sites for hydroxylation is 1. The third-order valence-electron chi connectivity index (χ3n) is 2.51. The third-order valence-corrected chi connectivity index (χ3v) is 3.82. The van der Waals surface area contributed by atoms with Gasteiger partial charge in [0, 0.05) is 17.6 Å². The number of pyridine rings is 1. The molecule has 0 amide bonds. The quantitative estimate of drug-likeness (QED) is 0.871. The summed E-state index contributed by atoms with van der Waals surface area (Å²) in [5, 5.41) is 0.897. The van der Waals surface area contributed by atoms with Crippen LogP contribution in [-0.2, 0) is 10.0 Å². The van der Waals surface area contributed by atoms with Gasteiger partial charge in [0.2, 0.25) is 10.0 Å². The van der Waals surface area contributed by atoms with Crippen molar-refractivity contribution in [2.24, 2.45) is 5.73 Å². The van der Waals surface area contributed by atoms with Gasteiger partial charge in [-0.25, -0.2) is 8.42 Å². The normalized spacial score (nSPS) is 11.7. The SMILES string of the molecule is Cc1ccc2cccc(NS(=O)(=O)CCN)c2n1. The second kappa shape index (κ2) is 4.91. The average molecular weight is 265 g/mol. The second-order valence-corrected chi connectivity index (χ2v) is 5.88. The van der Waals surface area contributed by atoms with Crippen LogP contribution in [0.5, 0.6) is 0 Å². The van der Waals surface area contributed by atoms with E-state index >= 15 is 0 Å². The van der Waals surface area contributed by atoms with Gasteiger partial charge in [-0.2, -0.15) is 0 Å². The number of rotatable bonds is 4. The van der Waals surface area contributed by atoms with Crippen LogP contribution in [0.15, 0.2) is 30.3 Å². The lowest BCUT2D eigenvalue weighted by atomic mass is 10.2. The first-order valence-electron chi connectivity index (χ1n) is 5.59. The van der Waals surface area contributed by atoms with Gasteiger partial charge in [0.15, 0.2) is 0 Å². The van der Waals surface area contributed by atoms with Crippen LogP contribution < -0.4 is 10.5 Å². The van der Waals surface area contributed by atoms with Crippen molar-refractivity contribution in [3.63, 3.8) is 0 Å². The molecule has 0 unspecified atom stereocenters. The molecule has 1 aromatic carbocycles. The second-order valence-electron chi connectivity index (χ2n) is 4.04. The summed E-state index contributed by atoms with van der Waals surface area (Å²) in [6.45, 7) is 1.96. The number of nitrogens with zero attached hydrogens (tertiary/aromatic N) is 1. The molecule has 0 aliphatic heterocycles. The van der Waals surface area contributed by atoms with Gasteiger partial charge >= 0.3 is 0 Å². The maximum atomic E-state index is 11.7. The Hall–Kier alpha value is -1.66. The van der Waals surface area contributed by atoms with Crippen LogP contribution in [0.4, 0.5) is 5.69 Å². The van der Waals surface area contributed by atoms with Gasteiger partial charge in [0.1, 0.15) is 0 Å². The fourth-order valence-electron chi connectivity index (χ4n) is 1.70. The highest BCUT2D eigenvalue weighted by atomic mass is 32.2. The lowest BCUT2D eigenvalue weighted by Crippen LogP contribution is -2.22. The van der Waals surface area contributed by atoms with Gasteiger partial charge < -0.3 is 5.73 Å². The summed E-state index contributed by atoms with van der Waals surface area (Å²) in [5.74, 6) is -0.102. The highest BCUT2D eigenvalue weighted by Crippen LogP contribution is 2.22. The molecule has 3 N–H and O–H groups in total. The van der Waals surface area contributed by atoms with E-state index in [2.05, 4.69) is 9.71 Å². The Bertz CT molecular complexity index is 668. The summed E-state index contributed by atoms with van der Waals surface area (Å²) in [6.07, 6.45) is 0. The van der Waals surface area contributed by atoms with Crippen molar-refractivity contribution in [2.75, 3.05) is 17.0 Å². The van der Waals surface area contributed by atoms with Gasteiger partial charge in [0.05, 0.1) is 17.0 Å². The van der Waals surface area contributed by atoms with Gasteiger partial charge in [-0.15, -0.1) is 0 Å². The van der Waals surface area contributed by atoms with Gasteiger partial charge in [0.25, 0.3) is 0 Å². The van der Waals surface area contributed by atoms with E-state index in [0.717, 1.165) is 11.1 Å². The molecule has 0 radical (unpaired) electrons. The summed E-state index contributed by atoms with van der Waals surface area (Å²) in [7, 11) is -3.40. The van der Waals surface area contributed by atoms with Crippen molar-refractivity contribution in [1.29, 1.82) is 0 Å². The van der Waals surface area contributed by atoms with Crippen LogP contribution >= 0.6 is 0 Å². The number of nitrogens with one attached hydrogen (secondary N) is 1. The number of fused-ring (bicyclic) bond motifs is 1. The average Bonchev–Trinajstić information content (AvgIpc) is 2.29. The highest BCUT2D eigenvalue weighted by Gasteiger charge is 2.11. The van der Waals surface area contributed by atoms with Crippen LogP contribution in [0, 0.1) is 6.92 Å². The van der Waals surface area contributed by atoms with Crippen molar-refractivity contribution < 1.29 is 8.42 Å². The first kappa shape index (κ1) is 12.8. The first-order valence-corrected chi connectivity index (χ1v) is 7.24. The molecule has 1 aromatic heterocycles. The lowest BCUT2D eigenvalue weighted by Gasteiger charge is -2.09. The molecule has 0 aliphatic carbocycles. The van der Waals surface area contributed by atoms with Crippen LogP contribution in [0.3, 0.4) is 0 Å². The van der Waals surface area contributed by atoms with E-state index in [-0.39, 0.29) is 12.3 Å². The van der Waals surface area contributed by atoms with Crippen molar-refractivity contribution in [3.05, 3.63) is 36.0 Å². The van der Waals surface area contributed by atoms with E-state index in [0.29, 0.717) is 11.2 Å². The minimum atomic E-state index is -3.40. The fraction of sp³-hybridized carbons (Fsp3) is 0.250. The van der Waals surface area contributed by atoms with Crippen LogP contribution in [-0.4, -0.2) is 25.7 Å². The Balaban J connectivity index is 2.48. The predicted molar refractivity (Wildman–Crippen MR) is 72.9 cm³/mol. The summed E-state index contributed by atoms with van der Waals surface area (Å²) in [5.41, 5.74) is 7.25. The standard InChI is InChI=1S/C12H15N3O2S/c1-9-5-6-10-3-2-4-11(12(10)14-9)15-18(16,17)8-7-13/h2-6,15H,7-8,13H2,1H3. The molecule has 0 aliphatic rings. The molecule has 0 atom stereocenters. The molecule has 0 saturated heterocycles. The molecule has 2 rings (SSSR count). The maximum Gasteiger partial charge on any atom is 0.234 e. The molecule has 0 bridgehead atoms. The van der Waals surface area contributed by atoms with E-state index < -0.39 is 10.0 Å². The van der Waals surface area contributed by atoms with Gasteiger partial charge in [-0.3, -0.25) is 9.71 Å². The van der Waals surface area contributed by atoms with E-state index in [9.17, 15) is 8.42 Å². The third kappa shape index (κ3) is 2.77. The monoisotopic (exact) mass is 265 g/mol. The summed E-state index contributed by atoms with van der Waals surface area (Å²) in [4.78, 5) is 4.36. The predicted octanol–water partition coefficient (Wildman–Crippen LogP) is 1.24. The Morgan fingerprint density at radius 3 is 2.78 bits per heavy atom. The van der Waals surface area contributed by atoms with Crippen LogP contribution in [0.1, 0.15) is 5.69 Å². The van der Waals surface area contributed by atoms with E-state index in [1.54, 1.807) is 12.1 Å². The van der Waals surface area contributed by atoms with Gasteiger partial charge in [-0.1, -0.05) is 18.2 Å². The van der Waals surface area contributed by atoms with Crippen molar-refractivity contribution >= 4 is 26.6 Å². The zero-order chi connectivity index (χ0) is 13.2. The molecule has 5 nitrogen and oxygen atoms in total. The highest BCUT2D eigenvalue weighted by molar-refractivity contribution is 7.92. The molecule has 96 valence electrons. The summed E-state index contributed by atoms with van der Waals surface area (Å²) >= 11 is 0. The first-order chi connectivity index (χ1) is 8.52. The molecular weight excluding hydrogens is 250 g/mol. The van der Waals surface area contributed by atoms with Crippen molar-refractivity contribution in [3.8, 4) is 0 Å². The number of hydrogen-bond donors (Lipinski definition) is 2. The molecule has 2 aromatic rings. The Morgan fingerprint density at radius 1 is 1.28 bits per heavy atom. The fourth-order valence-corrected chi connectivity index (χ4v) is 2.61. The number of nitrogens with two attached hydrogens (primary N) is 1. The largest absolute Gasteiger partial charge is 0.329 e. The zero-order valence-electron chi connectivity index (χ0n) is 10.1. The van der Waals surface area contributed by atoms with E-state index in [1.807, 2.05) is 25.1 Å². The van der Waals surface area contributed by atoms with Crippen LogP contribution in [0.25, 0.3) is 10.9 Å².